The van der Waals surface area contributed by atoms with E-state index < -0.39 is 17.4 Å². The monoisotopic (exact) mass is 680 g/mol. The maximum Gasteiger partial charge on any atom is 0.341 e. The third-order valence-corrected chi connectivity index (χ3v) is 8.94. The second-order valence-electron chi connectivity index (χ2n) is 12.1. The number of hydrogen-bond donors (Lipinski definition) is 3. The molecule has 2 aromatic carbocycles. The molecule has 8 rings (SSSR count). The summed E-state index contributed by atoms with van der Waals surface area (Å²) in [7, 11) is 0. The number of aryl methyl sites for hydroxylation is 2. The first kappa shape index (κ1) is 34.3. The largest absolute Gasteiger partial charge is 0.477 e. The Morgan fingerprint density at radius 1 is 0.647 bits per heavy atom. The molecule has 4 heterocycles. The quantitative estimate of drug-likeness (QED) is 0.207. The number of hydrogen-bond acceptors (Lipinski definition) is 7. The molecule has 11 heteroatoms. The summed E-state index contributed by atoms with van der Waals surface area (Å²) in [6, 6.07) is 29.2. The number of anilines is 2. The van der Waals surface area contributed by atoms with Crippen LogP contribution >= 0.6 is 0 Å². The van der Waals surface area contributed by atoms with E-state index in [4.69, 9.17) is 10.8 Å². The van der Waals surface area contributed by atoms with E-state index in [2.05, 4.69) is 33.5 Å². The molecule has 0 fully saturated rings. The van der Waals surface area contributed by atoms with Gasteiger partial charge in [-0.1, -0.05) is 48.5 Å². The fraction of sp³-hybridized carbons (Fsp3) is 0.150. The van der Waals surface area contributed by atoms with E-state index in [1.165, 1.54) is 21.8 Å². The number of carboxylic acid groups (broad SMARTS) is 1. The summed E-state index contributed by atoms with van der Waals surface area (Å²) >= 11 is 0. The molecule has 2 aliphatic carbocycles. The number of benzene rings is 2. The maximum absolute atomic E-state index is 12.9. The summed E-state index contributed by atoms with van der Waals surface area (Å²) in [5.74, 6) is -1.58. The van der Waals surface area contributed by atoms with Crippen LogP contribution in [0.1, 0.15) is 67.9 Å². The first-order chi connectivity index (χ1) is 24.8. The van der Waals surface area contributed by atoms with Gasteiger partial charge < -0.3 is 25.3 Å². The summed E-state index contributed by atoms with van der Waals surface area (Å²) < 4.78 is 3.21. The Balaban J connectivity index is 0.000000151. The lowest BCUT2D eigenvalue weighted by molar-refractivity contribution is 0.0693. The van der Waals surface area contributed by atoms with Crippen LogP contribution in [0.25, 0.3) is 0 Å². The summed E-state index contributed by atoms with van der Waals surface area (Å²) in [4.78, 5) is 56.3. The Morgan fingerprint density at radius 2 is 1.12 bits per heavy atom. The average Bonchev–Trinajstić information content (AvgIpc) is 3.78. The number of nitrogens with one attached hydrogen (secondary N) is 1. The van der Waals surface area contributed by atoms with Crippen LogP contribution in [0.2, 0.25) is 0 Å². The number of rotatable bonds is 5. The Hall–Kier alpha value is -6.62. The third kappa shape index (κ3) is 7.83. The van der Waals surface area contributed by atoms with Gasteiger partial charge in [-0.3, -0.25) is 24.4 Å². The highest BCUT2D eigenvalue weighted by atomic mass is 16.4. The molecule has 0 radical (unpaired) electrons. The number of nitrogen functional groups attached to an aromatic ring is 1. The standard InChI is InChI=1S/C20H17N3O2.C15H13NO3.C5H6N2/c24-19(22-15-9-11-21-12-10-15)17-6-3-13-23(20(17)25)18-8-7-14-4-1-2-5-16(14)18;17-14-12(15(18)19)6-3-9-16(14)13-8-7-10-4-1-2-5-11(10)13;6-5-1-3-7-4-2-5/h1-6,9-13,18H,7-8H2,(H,21,22,24);1-6,9,13H,7-8H2,(H,18,19);1-4H,(H2,6,7). The van der Waals surface area contributed by atoms with Crippen molar-refractivity contribution < 1.29 is 14.7 Å². The first-order valence-corrected chi connectivity index (χ1v) is 16.5. The molecule has 0 saturated heterocycles. The van der Waals surface area contributed by atoms with Crippen LogP contribution < -0.4 is 22.2 Å². The molecule has 0 bridgehead atoms. The Bertz CT molecular complexity index is 2270. The highest BCUT2D eigenvalue weighted by molar-refractivity contribution is 6.03. The molecule has 11 nitrogen and oxygen atoms in total. The van der Waals surface area contributed by atoms with E-state index >= 15 is 0 Å². The van der Waals surface area contributed by atoms with Gasteiger partial charge in [-0.25, -0.2) is 4.79 Å². The zero-order valence-electron chi connectivity index (χ0n) is 27.6. The van der Waals surface area contributed by atoms with Crippen molar-refractivity contribution in [2.75, 3.05) is 11.1 Å². The fourth-order valence-electron chi connectivity index (χ4n) is 6.49. The number of nitrogens with two attached hydrogens (primary N) is 1. The normalized spacial score (nSPS) is 15.2. The second kappa shape index (κ2) is 15.7. The fourth-order valence-corrected chi connectivity index (χ4v) is 6.49. The molecule has 0 aliphatic heterocycles. The van der Waals surface area contributed by atoms with Gasteiger partial charge in [0, 0.05) is 48.6 Å². The van der Waals surface area contributed by atoms with Crippen LogP contribution in [0.3, 0.4) is 0 Å². The van der Waals surface area contributed by atoms with Gasteiger partial charge in [0.2, 0.25) is 0 Å². The van der Waals surface area contributed by atoms with Crippen molar-refractivity contribution in [3.63, 3.8) is 0 Å². The molecule has 1 amide bonds. The number of nitrogens with zero attached hydrogens (tertiary/aromatic N) is 4. The van der Waals surface area contributed by atoms with Gasteiger partial charge in [-0.05, 0) is 96.5 Å². The van der Waals surface area contributed by atoms with Gasteiger partial charge in [0.25, 0.3) is 17.0 Å². The molecule has 4 aromatic heterocycles. The predicted molar refractivity (Wildman–Crippen MR) is 195 cm³/mol. The average molecular weight is 681 g/mol. The molecule has 4 N–H and O–H groups in total. The lowest BCUT2D eigenvalue weighted by atomic mass is 10.1. The number of pyridine rings is 4. The molecule has 51 heavy (non-hydrogen) atoms. The number of fused-ring (bicyclic) bond motifs is 2. The minimum Gasteiger partial charge on any atom is -0.477 e. The zero-order chi connectivity index (χ0) is 35.7. The van der Waals surface area contributed by atoms with Crippen molar-refractivity contribution in [3.05, 3.63) is 188 Å². The second-order valence-corrected chi connectivity index (χ2v) is 12.1. The smallest absolute Gasteiger partial charge is 0.341 e. The SMILES string of the molecule is Nc1ccncc1.O=C(Nc1ccncc1)c1cccn(C2CCc3ccccc32)c1=O.O=C(O)c1cccn(C2CCc3ccccc32)c1=O. The van der Waals surface area contributed by atoms with Crippen molar-refractivity contribution in [2.45, 2.75) is 37.8 Å². The van der Waals surface area contributed by atoms with Gasteiger partial charge in [0.15, 0.2) is 0 Å². The van der Waals surface area contributed by atoms with Crippen LogP contribution in [-0.2, 0) is 12.8 Å². The van der Waals surface area contributed by atoms with Crippen molar-refractivity contribution in [1.82, 2.24) is 19.1 Å². The molecule has 2 unspecified atom stereocenters. The Labute approximate surface area is 293 Å². The van der Waals surface area contributed by atoms with Crippen LogP contribution in [0.4, 0.5) is 11.4 Å². The minimum absolute atomic E-state index is 0.0163. The highest BCUT2D eigenvalue weighted by Crippen LogP contribution is 2.34. The van der Waals surface area contributed by atoms with E-state index in [1.807, 2.05) is 30.3 Å². The first-order valence-electron chi connectivity index (χ1n) is 16.5. The number of aromatic nitrogens is 4. The summed E-state index contributed by atoms with van der Waals surface area (Å²) in [5.41, 5.74) is 10.7. The van der Waals surface area contributed by atoms with Crippen LogP contribution in [-0.4, -0.2) is 36.1 Å². The Morgan fingerprint density at radius 3 is 1.61 bits per heavy atom. The molecule has 0 saturated carbocycles. The minimum atomic E-state index is -1.18. The summed E-state index contributed by atoms with van der Waals surface area (Å²) in [6.07, 6.45) is 13.5. The van der Waals surface area contributed by atoms with E-state index in [0.717, 1.165) is 42.5 Å². The topological polar surface area (TPSA) is 162 Å². The van der Waals surface area contributed by atoms with E-state index in [-0.39, 0.29) is 28.8 Å². The van der Waals surface area contributed by atoms with Crippen LogP contribution in [0.15, 0.2) is 144 Å². The number of carboxylic acids is 1. The molecule has 2 atom stereocenters. The molecule has 2 aliphatic rings. The number of carbonyl (C=O) groups excluding carboxylic acids is 1. The lowest BCUT2D eigenvalue weighted by Gasteiger charge is -2.16. The van der Waals surface area contributed by atoms with E-state index in [1.54, 1.807) is 84.2 Å². The van der Waals surface area contributed by atoms with Crippen LogP contribution in [0, 0.1) is 0 Å². The number of carbonyl (C=O) groups is 2. The molecule has 256 valence electrons. The van der Waals surface area contributed by atoms with E-state index in [9.17, 15) is 19.2 Å². The van der Waals surface area contributed by atoms with Gasteiger partial charge in [-0.15, -0.1) is 0 Å². The summed E-state index contributed by atoms with van der Waals surface area (Å²) in [6.45, 7) is 0. The predicted octanol–water partition coefficient (Wildman–Crippen LogP) is 5.78. The van der Waals surface area contributed by atoms with Gasteiger partial charge in [0.1, 0.15) is 11.1 Å². The lowest BCUT2D eigenvalue weighted by Crippen LogP contribution is -2.30. The Kier molecular flexibility index (Phi) is 10.6. The zero-order valence-corrected chi connectivity index (χ0v) is 27.6. The van der Waals surface area contributed by atoms with Crippen molar-refractivity contribution >= 4 is 23.3 Å². The molecular formula is C40H36N6O5. The van der Waals surface area contributed by atoms with Gasteiger partial charge >= 0.3 is 5.97 Å². The van der Waals surface area contributed by atoms with E-state index in [0.29, 0.717) is 5.69 Å². The van der Waals surface area contributed by atoms with Gasteiger partial charge in [-0.2, -0.15) is 0 Å². The summed E-state index contributed by atoms with van der Waals surface area (Å²) in [5, 5.41) is 11.8. The van der Waals surface area contributed by atoms with Crippen LogP contribution in [0.5, 0.6) is 0 Å². The van der Waals surface area contributed by atoms with Crippen molar-refractivity contribution in [3.8, 4) is 0 Å². The number of amides is 1. The maximum atomic E-state index is 12.9. The third-order valence-electron chi connectivity index (χ3n) is 8.94. The molecular weight excluding hydrogens is 644 g/mol. The van der Waals surface area contributed by atoms with Crippen molar-refractivity contribution in [1.29, 1.82) is 0 Å². The van der Waals surface area contributed by atoms with Crippen molar-refractivity contribution in [2.24, 2.45) is 0 Å². The molecule has 0 spiro atoms. The molecule has 6 aromatic rings. The number of aromatic carboxylic acids is 1. The highest BCUT2D eigenvalue weighted by Gasteiger charge is 2.26. The van der Waals surface area contributed by atoms with Gasteiger partial charge in [0.05, 0.1) is 12.1 Å².